The zero-order chi connectivity index (χ0) is 12.7. The number of hydrogen-bond acceptors (Lipinski definition) is 3. The highest BCUT2D eigenvalue weighted by Crippen LogP contribution is 2.17. The van der Waals surface area contributed by atoms with Crippen LogP contribution in [-0.4, -0.2) is 24.4 Å². The van der Waals surface area contributed by atoms with Crippen molar-refractivity contribution in [1.29, 1.82) is 0 Å². The van der Waals surface area contributed by atoms with E-state index in [-0.39, 0.29) is 5.91 Å². The molecule has 0 heterocycles. The molecule has 0 fully saturated rings. The Morgan fingerprint density at radius 1 is 1.41 bits per heavy atom. The van der Waals surface area contributed by atoms with E-state index >= 15 is 0 Å². The van der Waals surface area contributed by atoms with Crippen LogP contribution in [0.3, 0.4) is 0 Å². The van der Waals surface area contributed by atoms with E-state index in [2.05, 4.69) is 10.6 Å². The number of anilines is 1. The standard InChI is InChI=1S/C11H13ClN2O3/c1-8(15)14-9-3-2-4-10(7-9)17-11(16)13-6-5-12/h2-4,7H,5-6H2,1H3,(H,13,16)(H,14,15). The maximum atomic E-state index is 11.2. The summed E-state index contributed by atoms with van der Waals surface area (Å²) in [5.74, 6) is 0.484. The average molecular weight is 257 g/mol. The second-order valence-corrected chi connectivity index (χ2v) is 3.59. The zero-order valence-electron chi connectivity index (χ0n) is 9.33. The predicted octanol–water partition coefficient (Wildman–Crippen LogP) is 1.97. The third-order valence-corrected chi connectivity index (χ3v) is 1.92. The molecule has 0 aliphatic heterocycles. The topological polar surface area (TPSA) is 67.4 Å². The summed E-state index contributed by atoms with van der Waals surface area (Å²) >= 11 is 5.41. The van der Waals surface area contributed by atoms with Gasteiger partial charge in [0, 0.05) is 31.1 Å². The Morgan fingerprint density at radius 3 is 2.82 bits per heavy atom. The Morgan fingerprint density at radius 2 is 2.18 bits per heavy atom. The lowest BCUT2D eigenvalue weighted by molar-refractivity contribution is -0.114. The molecule has 2 amide bonds. The predicted molar refractivity (Wildman–Crippen MR) is 65.5 cm³/mol. The summed E-state index contributed by atoms with van der Waals surface area (Å²) in [4.78, 5) is 22.1. The van der Waals surface area contributed by atoms with Crippen LogP contribution in [0.2, 0.25) is 0 Å². The van der Waals surface area contributed by atoms with Crippen LogP contribution >= 0.6 is 11.6 Å². The van der Waals surface area contributed by atoms with Crippen molar-refractivity contribution in [3.05, 3.63) is 24.3 Å². The molecule has 17 heavy (non-hydrogen) atoms. The quantitative estimate of drug-likeness (QED) is 0.810. The van der Waals surface area contributed by atoms with Gasteiger partial charge in [-0.15, -0.1) is 11.6 Å². The number of ether oxygens (including phenoxy) is 1. The van der Waals surface area contributed by atoms with Gasteiger partial charge in [0.05, 0.1) is 0 Å². The summed E-state index contributed by atoms with van der Waals surface area (Å²) in [5, 5.41) is 5.05. The van der Waals surface area contributed by atoms with Crippen molar-refractivity contribution in [3.63, 3.8) is 0 Å². The molecule has 1 aromatic rings. The number of nitrogens with one attached hydrogen (secondary N) is 2. The monoisotopic (exact) mass is 256 g/mol. The van der Waals surface area contributed by atoms with E-state index in [0.29, 0.717) is 23.9 Å². The zero-order valence-corrected chi connectivity index (χ0v) is 10.1. The first kappa shape index (κ1) is 13.3. The van der Waals surface area contributed by atoms with Gasteiger partial charge in [0.15, 0.2) is 0 Å². The molecule has 0 saturated carbocycles. The van der Waals surface area contributed by atoms with E-state index in [9.17, 15) is 9.59 Å². The minimum Gasteiger partial charge on any atom is -0.410 e. The molecule has 0 atom stereocenters. The molecule has 0 spiro atoms. The van der Waals surface area contributed by atoms with Gasteiger partial charge in [0.25, 0.3) is 0 Å². The molecule has 0 saturated heterocycles. The number of rotatable bonds is 4. The number of carbonyl (C=O) groups excluding carboxylic acids is 2. The van der Waals surface area contributed by atoms with Gasteiger partial charge in [-0.25, -0.2) is 4.79 Å². The third kappa shape index (κ3) is 5.21. The number of benzene rings is 1. The maximum absolute atomic E-state index is 11.2. The summed E-state index contributed by atoms with van der Waals surface area (Å²) < 4.78 is 4.98. The largest absolute Gasteiger partial charge is 0.412 e. The highest BCUT2D eigenvalue weighted by atomic mass is 35.5. The molecule has 0 aliphatic rings. The van der Waals surface area contributed by atoms with Gasteiger partial charge < -0.3 is 15.4 Å². The van der Waals surface area contributed by atoms with Crippen LogP contribution in [0.1, 0.15) is 6.92 Å². The normalized spacial score (nSPS) is 9.53. The molecule has 0 aliphatic carbocycles. The molecular weight excluding hydrogens is 244 g/mol. The summed E-state index contributed by atoms with van der Waals surface area (Å²) in [6.45, 7) is 1.74. The van der Waals surface area contributed by atoms with E-state index in [1.165, 1.54) is 6.92 Å². The van der Waals surface area contributed by atoms with Gasteiger partial charge in [-0.3, -0.25) is 4.79 Å². The number of halogens is 1. The Bertz CT molecular complexity index is 409. The minimum atomic E-state index is -0.578. The fraction of sp³-hybridized carbons (Fsp3) is 0.273. The van der Waals surface area contributed by atoms with Crippen molar-refractivity contribution >= 4 is 29.3 Å². The molecule has 5 nitrogen and oxygen atoms in total. The Hall–Kier alpha value is -1.75. The second kappa shape index (κ2) is 6.75. The lowest BCUT2D eigenvalue weighted by Gasteiger charge is -2.07. The van der Waals surface area contributed by atoms with Gasteiger partial charge in [-0.1, -0.05) is 6.07 Å². The number of alkyl halides is 1. The number of hydrogen-bond donors (Lipinski definition) is 2. The molecule has 6 heteroatoms. The van der Waals surface area contributed by atoms with Crippen molar-refractivity contribution in [1.82, 2.24) is 5.32 Å². The van der Waals surface area contributed by atoms with Crippen LogP contribution in [0, 0.1) is 0 Å². The second-order valence-electron chi connectivity index (χ2n) is 3.21. The van der Waals surface area contributed by atoms with Gasteiger partial charge in [0.1, 0.15) is 5.75 Å². The van der Waals surface area contributed by atoms with Crippen molar-refractivity contribution in [2.24, 2.45) is 0 Å². The van der Waals surface area contributed by atoms with E-state index in [4.69, 9.17) is 16.3 Å². The molecule has 0 bridgehead atoms. The fourth-order valence-electron chi connectivity index (χ4n) is 1.13. The highest BCUT2D eigenvalue weighted by Gasteiger charge is 2.04. The fourth-order valence-corrected chi connectivity index (χ4v) is 1.23. The average Bonchev–Trinajstić information content (AvgIpc) is 2.26. The summed E-state index contributed by atoms with van der Waals surface area (Å²) in [6, 6.07) is 6.55. The van der Waals surface area contributed by atoms with E-state index in [0.717, 1.165) is 0 Å². The van der Waals surface area contributed by atoms with E-state index in [1.807, 2.05) is 0 Å². The summed E-state index contributed by atoms with van der Waals surface area (Å²) in [6.07, 6.45) is -0.578. The first-order valence-corrected chi connectivity index (χ1v) is 5.54. The van der Waals surface area contributed by atoms with Crippen molar-refractivity contribution < 1.29 is 14.3 Å². The van der Waals surface area contributed by atoms with Gasteiger partial charge >= 0.3 is 6.09 Å². The molecule has 0 aromatic heterocycles. The lowest BCUT2D eigenvalue weighted by atomic mass is 10.3. The van der Waals surface area contributed by atoms with Gasteiger partial charge in [-0.2, -0.15) is 0 Å². The SMILES string of the molecule is CC(=O)Nc1cccc(OC(=O)NCCCl)c1. The van der Waals surface area contributed by atoms with Crippen LogP contribution in [0.4, 0.5) is 10.5 Å². The van der Waals surface area contributed by atoms with E-state index < -0.39 is 6.09 Å². The Labute approximate surface area is 104 Å². The summed E-state index contributed by atoms with van der Waals surface area (Å²) in [5.41, 5.74) is 0.570. The van der Waals surface area contributed by atoms with Crippen molar-refractivity contribution in [3.8, 4) is 5.75 Å². The highest BCUT2D eigenvalue weighted by molar-refractivity contribution is 6.18. The summed E-state index contributed by atoms with van der Waals surface area (Å²) in [7, 11) is 0. The molecule has 2 N–H and O–H groups in total. The third-order valence-electron chi connectivity index (χ3n) is 1.73. The van der Waals surface area contributed by atoms with Gasteiger partial charge in [-0.05, 0) is 12.1 Å². The molecule has 1 rings (SSSR count). The maximum Gasteiger partial charge on any atom is 0.412 e. The first-order chi connectivity index (χ1) is 8.11. The number of carbonyl (C=O) groups is 2. The Kier molecular flexibility index (Phi) is 5.29. The van der Waals surface area contributed by atoms with Crippen LogP contribution in [0.25, 0.3) is 0 Å². The van der Waals surface area contributed by atoms with Crippen LogP contribution < -0.4 is 15.4 Å². The van der Waals surface area contributed by atoms with E-state index in [1.54, 1.807) is 24.3 Å². The molecule has 0 unspecified atom stereocenters. The molecule has 92 valence electrons. The van der Waals surface area contributed by atoms with Crippen LogP contribution in [0.15, 0.2) is 24.3 Å². The van der Waals surface area contributed by atoms with Crippen molar-refractivity contribution in [2.75, 3.05) is 17.7 Å². The number of amides is 2. The van der Waals surface area contributed by atoms with Crippen molar-refractivity contribution in [2.45, 2.75) is 6.92 Å². The smallest absolute Gasteiger partial charge is 0.410 e. The van der Waals surface area contributed by atoms with Crippen LogP contribution in [-0.2, 0) is 4.79 Å². The molecule has 1 aromatic carbocycles. The Balaban J connectivity index is 2.59. The first-order valence-electron chi connectivity index (χ1n) is 5.01. The van der Waals surface area contributed by atoms with Gasteiger partial charge in [0.2, 0.25) is 5.91 Å². The molecular formula is C11H13ClN2O3. The lowest BCUT2D eigenvalue weighted by Crippen LogP contribution is -2.28. The molecule has 0 radical (unpaired) electrons. The minimum absolute atomic E-state index is 0.186. The van der Waals surface area contributed by atoms with Crippen LogP contribution in [0.5, 0.6) is 5.75 Å².